The van der Waals surface area contributed by atoms with Gasteiger partial charge in [-0.1, -0.05) is 18.2 Å². The lowest BCUT2D eigenvalue weighted by Gasteiger charge is -2.33. The number of methoxy groups -OCH3 is 1. The summed E-state index contributed by atoms with van der Waals surface area (Å²) in [6, 6.07) is 14.8. The lowest BCUT2D eigenvalue weighted by Crippen LogP contribution is -2.37. The van der Waals surface area contributed by atoms with Gasteiger partial charge in [0.25, 0.3) is 0 Å². The van der Waals surface area contributed by atoms with E-state index in [2.05, 4.69) is 22.1 Å². The molecule has 28 heavy (non-hydrogen) atoms. The molecule has 0 saturated carbocycles. The summed E-state index contributed by atoms with van der Waals surface area (Å²) in [5, 5.41) is 4.29. The van der Waals surface area contributed by atoms with Crippen LogP contribution in [0.5, 0.6) is 5.75 Å². The fourth-order valence-corrected chi connectivity index (χ4v) is 3.61. The van der Waals surface area contributed by atoms with Crippen LogP contribution in [0.1, 0.15) is 22.8 Å². The van der Waals surface area contributed by atoms with E-state index in [0.29, 0.717) is 13.2 Å². The summed E-state index contributed by atoms with van der Waals surface area (Å²) >= 11 is 0. The predicted molar refractivity (Wildman–Crippen MR) is 105 cm³/mol. The van der Waals surface area contributed by atoms with Crippen molar-refractivity contribution in [2.75, 3.05) is 26.8 Å². The molecule has 3 aromatic rings. The molecule has 6 heteroatoms. The fourth-order valence-electron chi connectivity index (χ4n) is 3.61. The molecular formula is C22H24FN3O2. The van der Waals surface area contributed by atoms with E-state index < -0.39 is 0 Å². The number of aromatic nitrogens is 2. The Morgan fingerprint density at radius 2 is 2.04 bits per heavy atom. The van der Waals surface area contributed by atoms with Crippen molar-refractivity contribution < 1.29 is 13.9 Å². The molecule has 146 valence electrons. The summed E-state index contributed by atoms with van der Waals surface area (Å²) in [6.45, 7) is 3.82. The van der Waals surface area contributed by atoms with Crippen molar-refractivity contribution in [3.05, 3.63) is 83.4 Å². The summed E-state index contributed by atoms with van der Waals surface area (Å²) in [4.78, 5) is 2.37. The van der Waals surface area contributed by atoms with Gasteiger partial charge >= 0.3 is 0 Å². The maximum Gasteiger partial charge on any atom is 0.123 e. The standard InChI is InChI=1S/C22H24FN3O2/c1-27-21-8-3-17(13-19(21)15-26-10-2-9-24-26)14-25-11-12-28-22(16-25)18-4-6-20(23)7-5-18/h2-10,13,22H,11-12,14-16H2,1H3. The molecule has 0 spiro atoms. The van der Waals surface area contributed by atoms with E-state index in [0.717, 1.165) is 36.5 Å². The molecule has 1 aliphatic rings. The van der Waals surface area contributed by atoms with Gasteiger partial charge in [-0.2, -0.15) is 5.10 Å². The normalized spacial score (nSPS) is 17.6. The molecule has 0 amide bonds. The molecule has 1 aliphatic heterocycles. The molecule has 4 rings (SSSR count). The molecule has 1 atom stereocenters. The number of hydrogen-bond acceptors (Lipinski definition) is 4. The fraction of sp³-hybridized carbons (Fsp3) is 0.318. The van der Waals surface area contributed by atoms with Crippen molar-refractivity contribution in [2.24, 2.45) is 0 Å². The number of rotatable bonds is 6. The molecule has 2 heterocycles. The van der Waals surface area contributed by atoms with Gasteiger partial charge in [0.15, 0.2) is 0 Å². The monoisotopic (exact) mass is 381 g/mol. The maximum absolute atomic E-state index is 13.2. The Hall–Kier alpha value is -2.70. The van der Waals surface area contributed by atoms with Gasteiger partial charge in [0, 0.05) is 37.6 Å². The Morgan fingerprint density at radius 1 is 1.18 bits per heavy atom. The molecule has 2 aromatic carbocycles. The third kappa shape index (κ3) is 4.40. The second kappa shape index (κ2) is 8.54. The highest BCUT2D eigenvalue weighted by atomic mass is 19.1. The first-order chi connectivity index (χ1) is 13.7. The summed E-state index contributed by atoms with van der Waals surface area (Å²) < 4.78 is 26.5. The first-order valence-corrected chi connectivity index (χ1v) is 9.44. The number of benzene rings is 2. The van der Waals surface area contributed by atoms with Crippen molar-refractivity contribution in [3.8, 4) is 5.75 Å². The molecular weight excluding hydrogens is 357 g/mol. The summed E-state index contributed by atoms with van der Waals surface area (Å²) in [5.74, 6) is 0.643. The Balaban J connectivity index is 1.46. The van der Waals surface area contributed by atoms with Crippen molar-refractivity contribution >= 4 is 0 Å². The molecule has 0 N–H and O–H groups in total. The van der Waals surface area contributed by atoms with E-state index in [9.17, 15) is 4.39 Å². The number of halogens is 1. The predicted octanol–water partition coefficient (Wildman–Crippen LogP) is 3.65. The Bertz CT molecular complexity index is 897. The van der Waals surface area contributed by atoms with Crippen LogP contribution in [-0.4, -0.2) is 41.5 Å². The average Bonchev–Trinajstić information content (AvgIpc) is 3.22. The Kier molecular flexibility index (Phi) is 5.69. The Morgan fingerprint density at radius 3 is 2.79 bits per heavy atom. The number of morpholine rings is 1. The minimum atomic E-state index is -0.223. The van der Waals surface area contributed by atoms with Crippen molar-refractivity contribution in [1.29, 1.82) is 0 Å². The SMILES string of the molecule is COc1ccc(CN2CCOC(c3ccc(F)cc3)C2)cc1Cn1cccn1. The van der Waals surface area contributed by atoms with E-state index in [1.165, 1.54) is 17.7 Å². The van der Waals surface area contributed by atoms with Gasteiger partial charge in [-0.05, 0) is 41.5 Å². The van der Waals surface area contributed by atoms with Crippen LogP contribution in [-0.2, 0) is 17.8 Å². The summed E-state index contributed by atoms with van der Waals surface area (Å²) in [5.41, 5.74) is 3.34. The van der Waals surface area contributed by atoms with Crippen molar-refractivity contribution in [3.63, 3.8) is 0 Å². The number of nitrogens with zero attached hydrogens (tertiary/aromatic N) is 3. The van der Waals surface area contributed by atoms with Gasteiger partial charge in [0.05, 0.1) is 26.4 Å². The molecule has 1 saturated heterocycles. The van der Waals surface area contributed by atoms with Gasteiger partial charge in [0.1, 0.15) is 11.6 Å². The zero-order valence-corrected chi connectivity index (χ0v) is 15.9. The van der Waals surface area contributed by atoms with E-state index in [-0.39, 0.29) is 11.9 Å². The summed E-state index contributed by atoms with van der Waals surface area (Å²) in [7, 11) is 1.69. The second-order valence-electron chi connectivity index (χ2n) is 7.00. The minimum absolute atomic E-state index is 0.0313. The lowest BCUT2D eigenvalue weighted by atomic mass is 10.1. The first-order valence-electron chi connectivity index (χ1n) is 9.44. The van der Waals surface area contributed by atoms with Crippen molar-refractivity contribution in [2.45, 2.75) is 19.2 Å². The van der Waals surface area contributed by atoms with E-state index in [1.807, 2.05) is 23.0 Å². The number of ether oxygens (including phenoxy) is 2. The third-order valence-electron chi connectivity index (χ3n) is 5.03. The van der Waals surface area contributed by atoms with E-state index in [4.69, 9.17) is 9.47 Å². The highest BCUT2D eigenvalue weighted by Crippen LogP contribution is 2.25. The van der Waals surface area contributed by atoms with Crippen LogP contribution in [0.25, 0.3) is 0 Å². The van der Waals surface area contributed by atoms with Crippen LogP contribution in [0.15, 0.2) is 60.9 Å². The topological polar surface area (TPSA) is 39.5 Å². The average molecular weight is 381 g/mol. The molecule has 1 fully saturated rings. The number of hydrogen-bond donors (Lipinski definition) is 0. The van der Waals surface area contributed by atoms with Crippen molar-refractivity contribution in [1.82, 2.24) is 14.7 Å². The smallest absolute Gasteiger partial charge is 0.123 e. The zero-order chi connectivity index (χ0) is 19.3. The molecule has 0 aliphatic carbocycles. The van der Waals surface area contributed by atoms with E-state index in [1.54, 1.807) is 25.4 Å². The summed E-state index contributed by atoms with van der Waals surface area (Å²) in [6.07, 6.45) is 3.69. The molecule has 0 bridgehead atoms. The van der Waals surface area contributed by atoms with Crippen LogP contribution >= 0.6 is 0 Å². The van der Waals surface area contributed by atoms with Crippen LogP contribution in [0.3, 0.4) is 0 Å². The Labute approximate surface area is 164 Å². The lowest BCUT2D eigenvalue weighted by molar-refractivity contribution is -0.0329. The van der Waals surface area contributed by atoms with Gasteiger partial charge in [-0.3, -0.25) is 9.58 Å². The minimum Gasteiger partial charge on any atom is -0.496 e. The highest BCUT2D eigenvalue weighted by molar-refractivity contribution is 5.37. The maximum atomic E-state index is 13.2. The quantitative estimate of drug-likeness (QED) is 0.653. The third-order valence-corrected chi connectivity index (χ3v) is 5.03. The molecule has 1 unspecified atom stereocenters. The van der Waals surface area contributed by atoms with Gasteiger partial charge in [-0.15, -0.1) is 0 Å². The first kappa shape index (κ1) is 18.7. The molecule has 0 radical (unpaired) electrons. The van der Waals surface area contributed by atoms with Crippen LogP contribution < -0.4 is 4.74 Å². The van der Waals surface area contributed by atoms with Gasteiger partial charge in [0.2, 0.25) is 0 Å². The second-order valence-corrected chi connectivity index (χ2v) is 7.00. The van der Waals surface area contributed by atoms with E-state index >= 15 is 0 Å². The zero-order valence-electron chi connectivity index (χ0n) is 15.9. The molecule has 5 nitrogen and oxygen atoms in total. The molecule has 1 aromatic heterocycles. The largest absolute Gasteiger partial charge is 0.496 e. The van der Waals surface area contributed by atoms with Gasteiger partial charge in [-0.25, -0.2) is 4.39 Å². The van der Waals surface area contributed by atoms with Gasteiger partial charge < -0.3 is 9.47 Å². The highest BCUT2D eigenvalue weighted by Gasteiger charge is 2.22. The van der Waals surface area contributed by atoms with Crippen LogP contribution in [0.4, 0.5) is 4.39 Å². The van der Waals surface area contributed by atoms with Crippen LogP contribution in [0, 0.1) is 5.82 Å². The van der Waals surface area contributed by atoms with Crippen LogP contribution in [0.2, 0.25) is 0 Å².